The zero-order valence-electron chi connectivity index (χ0n) is 12.5. The van der Waals surface area contributed by atoms with Gasteiger partial charge in [0.25, 0.3) is 0 Å². The van der Waals surface area contributed by atoms with E-state index in [0.29, 0.717) is 19.1 Å². The van der Waals surface area contributed by atoms with Crippen LogP contribution >= 0.6 is 0 Å². The number of sulfonamides is 1. The first-order valence-electron chi connectivity index (χ1n) is 7.78. The van der Waals surface area contributed by atoms with Crippen LogP contribution in [0.4, 0.5) is 0 Å². The van der Waals surface area contributed by atoms with Crippen molar-refractivity contribution in [3.63, 3.8) is 0 Å². The van der Waals surface area contributed by atoms with Crippen LogP contribution in [-0.4, -0.2) is 33.3 Å². The molecular formula is C14H30N2O2S. The minimum Gasteiger partial charge on any atom is -0.313 e. The van der Waals surface area contributed by atoms with Gasteiger partial charge in [-0.2, -0.15) is 0 Å². The maximum Gasteiger partial charge on any atom is 0.212 e. The van der Waals surface area contributed by atoms with Crippen LogP contribution in [0.3, 0.4) is 0 Å². The molecule has 0 amide bonds. The van der Waals surface area contributed by atoms with Crippen molar-refractivity contribution < 1.29 is 8.42 Å². The lowest BCUT2D eigenvalue weighted by Crippen LogP contribution is -2.36. The summed E-state index contributed by atoms with van der Waals surface area (Å²) in [5, 5.41) is 3.42. The van der Waals surface area contributed by atoms with Crippen LogP contribution in [0.2, 0.25) is 0 Å². The van der Waals surface area contributed by atoms with Crippen molar-refractivity contribution >= 4 is 10.0 Å². The molecule has 0 radical (unpaired) electrons. The molecule has 1 aliphatic carbocycles. The van der Waals surface area contributed by atoms with Crippen molar-refractivity contribution in [2.45, 2.75) is 64.8 Å². The first-order chi connectivity index (χ1) is 9.07. The zero-order chi connectivity index (χ0) is 14.1. The van der Waals surface area contributed by atoms with Gasteiger partial charge in [-0.3, -0.25) is 0 Å². The molecule has 1 rings (SSSR count). The van der Waals surface area contributed by atoms with Gasteiger partial charge in [0, 0.05) is 19.1 Å². The van der Waals surface area contributed by atoms with Crippen molar-refractivity contribution in [2.75, 3.05) is 18.8 Å². The summed E-state index contributed by atoms with van der Waals surface area (Å²) in [6, 6.07) is 0.513. The van der Waals surface area contributed by atoms with Crippen LogP contribution in [0.5, 0.6) is 0 Å². The summed E-state index contributed by atoms with van der Waals surface area (Å²) < 4.78 is 25.6. The van der Waals surface area contributed by atoms with E-state index in [0.717, 1.165) is 5.92 Å². The molecule has 114 valence electrons. The SMILES string of the molecule is CCCC1CCCC(NCCS(=O)(=O)NCC)CC1. The molecule has 0 aromatic carbocycles. The average molecular weight is 290 g/mol. The monoisotopic (exact) mass is 290 g/mol. The van der Waals surface area contributed by atoms with Crippen molar-refractivity contribution in [2.24, 2.45) is 5.92 Å². The standard InChI is InChI=1S/C14H30N2O2S/c1-3-6-13-7-5-8-14(10-9-13)15-11-12-19(17,18)16-4-2/h13-16H,3-12H2,1-2H3. The van der Waals surface area contributed by atoms with Crippen molar-refractivity contribution in [3.8, 4) is 0 Å². The van der Waals surface area contributed by atoms with Gasteiger partial charge in [-0.25, -0.2) is 13.1 Å². The van der Waals surface area contributed by atoms with Crippen LogP contribution in [0.15, 0.2) is 0 Å². The van der Waals surface area contributed by atoms with Crippen molar-refractivity contribution in [1.29, 1.82) is 0 Å². The lowest BCUT2D eigenvalue weighted by Gasteiger charge is -2.16. The third-order valence-corrected chi connectivity index (χ3v) is 5.42. The summed E-state index contributed by atoms with van der Waals surface area (Å²) in [7, 11) is -3.07. The Morgan fingerprint density at radius 2 is 1.89 bits per heavy atom. The molecular weight excluding hydrogens is 260 g/mol. The van der Waals surface area contributed by atoms with E-state index in [1.165, 1.54) is 44.9 Å². The predicted octanol–water partition coefficient (Wildman–Crippen LogP) is 2.26. The van der Waals surface area contributed by atoms with Gasteiger partial charge in [0.1, 0.15) is 0 Å². The molecule has 2 unspecified atom stereocenters. The van der Waals surface area contributed by atoms with E-state index in [-0.39, 0.29) is 5.75 Å². The van der Waals surface area contributed by atoms with E-state index in [1.807, 2.05) is 6.92 Å². The molecule has 0 aromatic rings. The summed E-state index contributed by atoms with van der Waals surface area (Å²) in [4.78, 5) is 0. The Morgan fingerprint density at radius 1 is 1.11 bits per heavy atom. The highest BCUT2D eigenvalue weighted by Crippen LogP contribution is 2.26. The molecule has 2 atom stereocenters. The van der Waals surface area contributed by atoms with E-state index >= 15 is 0 Å². The van der Waals surface area contributed by atoms with E-state index < -0.39 is 10.0 Å². The summed E-state index contributed by atoms with van der Waals surface area (Å²) in [5.74, 6) is 1.08. The molecule has 1 aliphatic rings. The average Bonchev–Trinajstić information content (AvgIpc) is 2.55. The second-order valence-corrected chi connectivity index (χ2v) is 7.56. The zero-order valence-corrected chi connectivity index (χ0v) is 13.3. The van der Waals surface area contributed by atoms with Crippen LogP contribution in [0.1, 0.15) is 58.8 Å². The van der Waals surface area contributed by atoms with Gasteiger partial charge < -0.3 is 5.32 Å². The molecule has 1 fully saturated rings. The van der Waals surface area contributed by atoms with Crippen LogP contribution < -0.4 is 10.0 Å². The topological polar surface area (TPSA) is 58.2 Å². The Hall–Kier alpha value is -0.130. The van der Waals surface area contributed by atoms with Gasteiger partial charge in [-0.15, -0.1) is 0 Å². The second kappa shape index (κ2) is 8.93. The van der Waals surface area contributed by atoms with Crippen LogP contribution in [-0.2, 0) is 10.0 Å². The van der Waals surface area contributed by atoms with Crippen molar-refractivity contribution in [3.05, 3.63) is 0 Å². The molecule has 4 nitrogen and oxygen atoms in total. The Labute approximate surface area is 118 Å². The third-order valence-electron chi connectivity index (χ3n) is 3.95. The maximum absolute atomic E-state index is 11.5. The number of rotatable bonds is 8. The minimum atomic E-state index is -3.07. The molecule has 5 heteroatoms. The molecule has 2 N–H and O–H groups in total. The molecule has 0 aliphatic heterocycles. The number of hydrogen-bond donors (Lipinski definition) is 2. The highest BCUT2D eigenvalue weighted by atomic mass is 32.2. The number of hydrogen-bond acceptors (Lipinski definition) is 3. The molecule has 19 heavy (non-hydrogen) atoms. The molecule has 0 saturated heterocycles. The Bertz CT molecular complexity index is 330. The molecule has 0 spiro atoms. The van der Waals surface area contributed by atoms with E-state index in [4.69, 9.17) is 0 Å². The van der Waals surface area contributed by atoms with Gasteiger partial charge in [0.15, 0.2) is 0 Å². The summed E-state index contributed by atoms with van der Waals surface area (Å²) in [6.07, 6.45) is 8.95. The molecule has 1 saturated carbocycles. The lowest BCUT2D eigenvalue weighted by molar-refractivity contribution is 0.412. The fourth-order valence-corrected chi connectivity index (χ4v) is 3.94. The quantitative estimate of drug-likeness (QED) is 0.674. The molecule has 0 bridgehead atoms. The van der Waals surface area contributed by atoms with Gasteiger partial charge in [0.05, 0.1) is 5.75 Å². The fraction of sp³-hybridized carbons (Fsp3) is 1.00. The highest BCUT2D eigenvalue weighted by Gasteiger charge is 2.18. The van der Waals surface area contributed by atoms with E-state index in [2.05, 4.69) is 17.0 Å². The van der Waals surface area contributed by atoms with Crippen LogP contribution in [0, 0.1) is 5.92 Å². The fourth-order valence-electron chi connectivity index (χ4n) is 2.97. The van der Waals surface area contributed by atoms with Gasteiger partial charge in [-0.05, 0) is 25.2 Å². The van der Waals surface area contributed by atoms with Crippen LogP contribution in [0.25, 0.3) is 0 Å². The predicted molar refractivity (Wildman–Crippen MR) is 80.7 cm³/mol. The van der Waals surface area contributed by atoms with Gasteiger partial charge >= 0.3 is 0 Å². The smallest absolute Gasteiger partial charge is 0.212 e. The summed E-state index contributed by atoms with van der Waals surface area (Å²) >= 11 is 0. The number of nitrogens with one attached hydrogen (secondary N) is 2. The normalized spacial score (nSPS) is 25.2. The van der Waals surface area contributed by atoms with E-state index in [1.54, 1.807) is 0 Å². The Kier molecular flexibility index (Phi) is 7.95. The summed E-state index contributed by atoms with van der Waals surface area (Å²) in [6.45, 7) is 5.11. The van der Waals surface area contributed by atoms with Gasteiger partial charge in [-0.1, -0.05) is 39.5 Å². The second-order valence-electron chi connectivity index (χ2n) is 5.63. The maximum atomic E-state index is 11.5. The minimum absolute atomic E-state index is 0.190. The Balaban J connectivity index is 2.23. The van der Waals surface area contributed by atoms with Gasteiger partial charge in [0.2, 0.25) is 10.0 Å². The largest absolute Gasteiger partial charge is 0.313 e. The van der Waals surface area contributed by atoms with E-state index in [9.17, 15) is 8.42 Å². The first-order valence-corrected chi connectivity index (χ1v) is 9.43. The van der Waals surface area contributed by atoms with Crippen molar-refractivity contribution in [1.82, 2.24) is 10.0 Å². The summed E-state index contributed by atoms with van der Waals surface area (Å²) in [5.41, 5.74) is 0. The molecule has 0 heterocycles. The third kappa shape index (κ3) is 7.28. The first kappa shape index (κ1) is 16.9. The highest BCUT2D eigenvalue weighted by molar-refractivity contribution is 7.89. The lowest BCUT2D eigenvalue weighted by atomic mass is 9.95. The molecule has 0 aromatic heterocycles. The Morgan fingerprint density at radius 3 is 2.58 bits per heavy atom.